The number of hydrogen-bond donors (Lipinski definition) is 0. The molecule has 7 atom stereocenters. The second-order valence-electron chi connectivity index (χ2n) is 16.4. The third kappa shape index (κ3) is 4.70. The zero-order chi connectivity index (χ0) is 27.6. The summed E-state index contributed by atoms with van der Waals surface area (Å²) in [5.74, 6) is 2.46. The average Bonchev–Trinajstić information content (AvgIpc) is 3.07. The Morgan fingerprint density at radius 3 is 2.22 bits per heavy atom. The van der Waals surface area contributed by atoms with Crippen molar-refractivity contribution in [2.45, 2.75) is 158 Å². The SMILES string of the molecule is CC(C)=CCCC(C)C1CC[C@@]2(C)C3=C(CC[C@]12C)[C@@]1(C)CC[C@H](O[Si](C)(C)C(C)C)C(C)(C)[C@@H]1CC3. The molecule has 0 spiro atoms. The molecule has 0 aromatic rings. The molecule has 0 aliphatic heterocycles. The Morgan fingerprint density at radius 1 is 0.919 bits per heavy atom. The van der Waals surface area contributed by atoms with Gasteiger partial charge in [0.15, 0.2) is 8.32 Å². The molecule has 0 radical (unpaired) electrons. The van der Waals surface area contributed by atoms with E-state index in [1.54, 1.807) is 0 Å². The quantitative estimate of drug-likeness (QED) is 0.237. The number of fused-ring (bicyclic) bond motifs is 4. The van der Waals surface area contributed by atoms with Crippen LogP contribution in [0.1, 0.15) is 133 Å². The lowest BCUT2D eigenvalue weighted by Gasteiger charge is -2.63. The topological polar surface area (TPSA) is 9.23 Å². The van der Waals surface area contributed by atoms with Crippen LogP contribution in [0, 0.1) is 39.4 Å². The van der Waals surface area contributed by atoms with Gasteiger partial charge in [-0.25, -0.2) is 0 Å². The molecule has 2 unspecified atom stereocenters. The maximum atomic E-state index is 7.10. The van der Waals surface area contributed by atoms with Crippen LogP contribution in [0.3, 0.4) is 0 Å². The van der Waals surface area contributed by atoms with E-state index in [2.05, 4.69) is 88.4 Å². The summed E-state index contributed by atoms with van der Waals surface area (Å²) in [5.41, 5.74) is 7.52. The van der Waals surface area contributed by atoms with Gasteiger partial charge in [0.2, 0.25) is 0 Å². The maximum Gasteiger partial charge on any atom is 0.189 e. The van der Waals surface area contributed by atoms with E-state index in [4.69, 9.17) is 4.43 Å². The molecular formula is C35H62OSi. The lowest BCUT2D eigenvalue weighted by Crippen LogP contribution is -2.57. The third-order valence-corrected chi connectivity index (χ3v) is 17.1. The van der Waals surface area contributed by atoms with E-state index in [9.17, 15) is 0 Å². The normalized spacial score (nSPS) is 40.2. The molecule has 1 nitrogen and oxygen atoms in total. The molecule has 0 saturated heterocycles. The van der Waals surface area contributed by atoms with Crippen LogP contribution in [0.2, 0.25) is 18.6 Å². The summed E-state index contributed by atoms with van der Waals surface area (Å²) in [5, 5.41) is 0. The van der Waals surface area contributed by atoms with Crippen molar-refractivity contribution in [1.29, 1.82) is 0 Å². The first kappa shape index (κ1) is 29.6. The predicted octanol–water partition coefficient (Wildman–Crippen LogP) is 11.1. The van der Waals surface area contributed by atoms with E-state index in [1.165, 1.54) is 69.8 Å². The van der Waals surface area contributed by atoms with Crippen LogP contribution >= 0.6 is 0 Å². The van der Waals surface area contributed by atoms with Crippen molar-refractivity contribution >= 4 is 8.32 Å². The Balaban J connectivity index is 1.61. The molecule has 0 heterocycles. The minimum absolute atomic E-state index is 0.254. The number of allylic oxidation sites excluding steroid dienone is 4. The highest BCUT2D eigenvalue weighted by Crippen LogP contribution is 2.72. The first-order valence-corrected chi connectivity index (χ1v) is 19.0. The van der Waals surface area contributed by atoms with Gasteiger partial charge in [-0.1, -0.05) is 78.2 Å². The largest absolute Gasteiger partial charge is 0.414 e. The summed E-state index contributed by atoms with van der Waals surface area (Å²) >= 11 is 0. The minimum atomic E-state index is -1.66. The Labute approximate surface area is 232 Å². The van der Waals surface area contributed by atoms with E-state index in [1.807, 2.05) is 11.1 Å². The van der Waals surface area contributed by atoms with Crippen LogP contribution < -0.4 is 0 Å². The lowest BCUT2D eigenvalue weighted by molar-refractivity contribution is -0.0893. The Morgan fingerprint density at radius 2 is 1.59 bits per heavy atom. The molecule has 37 heavy (non-hydrogen) atoms. The summed E-state index contributed by atoms with van der Waals surface area (Å²) in [4.78, 5) is 0. The highest BCUT2D eigenvalue weighted by molar-refractivity contribution is 6.72. The van der Waals surface area contributed by atoms with Crippen LogP contribution in [0.4, 0.5) is 0 Å². The molecule has 4 aliphatic rings. The van der Waals surface area contributed by atoms with Gasteiger partial charge in [-0.2, -0.15) is 0 Å². The Kier molecular flexibility index (Phi) is 7.96. The Bertz CT molecular complexity index is 920. The lowest BCUT2D eigenvalue weighted by atomic mass is 9.43. The van der Waals surface area contributed by atoms with Gasteiger partial charge in [0.25, 0.3) is 0 Å². The van der Waals surface area contributed by atoms with E-state index in [0.717, 1.165) is 17.8 Å². The van der Waals surface area contributed by atoms with Gasteiger partial charge in [0.1, 0.15) is 0 Å². The molecule has 0 aromatic carbocycles. The molecule has 2 fully saturated rings. The van der Waals surface area contributed by atoms with E-state index in [0.29, 0.717) is 27.9 Å². The van der Waals surface area contributed by atoms with Crippen molar-refractivity contribution in [3.63, 3.8) is 0 Å². The van der Waals surface area contributed by atoms with E-state index >= 15 is 0 Å². The van der Waals surface area contributed by atoms with Gasteiger partial charge in [0, 0.05) is 0 Å². The van der Waals surface area contributed by atoms with Crippen molar-refractivity contribution in [2.75, 3.05) is 0 Å². The van der Waals surface area contributed by atoms with Crippen molar-refractivity contribution in [3.8, 4) is 0 Å². The maximum absolute atomic E-state index is 7.10. The van der Waals surface area contributed by atoms with Crippen molar-refractivity contribution in [2.24, 2.45) is 39.4 Å². The molecular weight excluding hydrogens is 464 g/mol. The van der Waals surface area contributed by atoms with Crippen LogP contribution in [0.25, 0.3) is 0 Å². The van der Waals surface area contributed by atoms with E-state index < -0.39 is 8.32 Å². The average molecular weight is 527 g/mol. The smallest absolute Gasteiger partial charge is 0.189 e. The molecule has 2 saturated carbocycles. The Hall–Kier alpha value is -0.343. The minimum Gasteiger partial charge on any atom is -0.414 e. The van der Waals surface area contributed by atoms with Crippen molar-refractivity contribution in [1.82, 2.24) is 0 Å². The third-order valence-electron chi connectivity index (χ3n) is 13.5. The fourth-order valence-electron chi connectivity index (χ4n) is 10.2. The van der Waals surface area contributed by atoms with Crippen LogP contribution in [0.15, 0.2) is 22.8 Å². The summed E-state index contributed by atoms with van der Waals surface area (Å²) in [6.07, 6.45) is 16.5. The number of hydrogen-bond acceptors (Lipinski definition) is 1. The zero-order valence-electron chi connectivity index (χ0n) is 26.9. The van der Waals surface area contributed by atoms with Gasteiger partial charge in [-0.3, -0.25) is 0 Å². The van der Waals surface area contributed by atoms with Crippen LogP contribution in [0.5, 0.6) is 0 Å². The van der Waals surface area contributed by atoms with Crippen LogP contribution in [-0.2, 0) is 4.43 Å². The molecule has 0 amide bonds. The second kappa shape index (κ2) is 9.93. The second-order valence-corrected chi connectivity index (χ2v) is 21.0. The van der Waals surface area contributed by atoms with Gasteiger partial charge >= 0.3 is 0 Å². The molecule has 4 rings (SSSR count). The molecule has 212 valence electrons. The summed E-state index contributed by atoms with van der Waals surface area (Å²) in [6.45, 7) is 30.0. The summed E-state index contributed by atoms with van der Waals surface area (Å²) in [7, 11) is -1.66. The predicted molar refractivity (Wildman–Crippen MR) is 164 cm³/mol. The molecule has 2 heteroatoms. The van der Waals surface area contributed by atoms with Crippen LogP contribution in [-0.4, -0.2) is 14.4 Å². The monoisotopic (exact) mass is 526 g/mol. The van der Waals surface area contributed by atoms with Gasteiger partial charge in [0.05, 0.1) is 6.10 Å². The molecule has 4 aliphatic carbocycles. The van der Waals surface area contributed by atoms with Crippen molar-refractivity contribution in [3.05, 3.63) is 22.8 Å². The van der Waals surface area contributed by atoms with Gasteiger partial charge in [-0.15, -0.1) is 0 Å². The molecule has 0 bridgehead atoms. The highest BCUT2D eigenvalue weighted by atomic mass is 28.4. The zero-order valence-corrected chi connectivity index (χ0v) is 27.9. The van der Waals surface area contributed by atoms with Gasteiger partial charge < -0.3 is 4.43 Å². The van der Waals surface area contributed by atoms with Crippen molar-refractivity contribution < 1.29 is 4.43 Å². The fourth-order valence-corrected chi connectivity index (χ4v) is 11.6. The van der Waals surface area contributed by atoms with Gasteiger partial charge in [-0.05, 0) is 136 Å². The fraction of sp³-hybridized carbons (Fsp3) is 0.886. The first-order valence-electron chi connectivity index (χ1n) is 16.0. The molecule has 0 N–H and O–H groups in total. The first-order chi connectivity index (χ1) is 17.0. The summed E-state index contributed by atoms with van der Waals surface area (Å²) in [6, 6.07) is 0. The molecule has 0 aromatic heterocycles. The number of rotatable bonds is 7. The summed E-state index contributed by atoms with van der Waals surface area (Å²) < 4.78 is 7.10. The highest BCUT2D eigenvalue weighted by Gasteiger charge is 2.63. The van der Waals surface area contributed by atoms with E-state index in [-0.39, 0.29) is 5.41 Å². The standard InChI is InChI=1S/C35H62OSi/c1-24(2)14-13-15-26(5)27-18-22-35(10)29-16-17-30-32(6,7)31(36-37(11,12)25(3)4)20-21-33(30,8)28(29)19-23-34(27,35)9/h14,25-27,30-31H,13,15-23H2,1-12H3/t26?,27?,30-,31-,33+,34+,35-/m0/s1.